The van der Waals surface area contributed by atoms with Gasteiger partial charge in [0.1, 0.15) is 5.25 Å². The lowest BCUT2D eigenvalue weighted by atomic mass is 10.0. The standard InChI is InChI=1S/C22H32N2O3S/c1-15(2)21(28(26,27)18-7-5-4-6-8-18)22(25)23-12-11-17-14-24-20-13-16(3)9-10-19(17)20/h9-10,13-15,18,21,24H,4-8,11-12H2,1-3H3,(H,23,25). The van der Waals surface area contributed by atoms with E-state index in [0.29, 0.717) is 25.8 Å². The van der Waals surface area contributed by atoms with Gasteiger partial charge in [0.2, 0.25) is 5.91 Å². The molecule has 3 rings (SSSR count). The molecule has 6 heteroatoms. The maximum absolute atomic E-state index is 13.1. The molecule has 2 N–H and O–H groups in total. The molecule has 0 radical (unpaired) electrons. The van der Waals surface area contributed by atoms with Gasteiger partial charge in [-0.05, 0) is 49.3 Å². The normalized spacial score (nSPS) is 17.1. The first-order chi connectivity index (χ1) is 13.3. The number of sulfone groups is 1. The number of aromatic nitrogens is 1. The fraction of sp³-hybridized carbons (Fsp3) is 0.591. The van der Waals surface area contributed by atoms with Crippen LogP contribution in [0.2, 0.25) is 0 Å². The summed E-state index contributed by atoms with van der Waals surface area (Å²) in [6.07, 6.45) is 6.99. The Kier molecular flexibility index (Phi) is 6.48. The fourth-order valence-corrected chi connectivity index (χ4v) is 6.91. The van der Waals surface area contributed by atoms with Crippen LogP contribution >= 0.6 is 0 Å². The first-order valence-electron chi connectivity index (χ1n) is 10.4. The van der Waals surface area contributed by atoms with Gasteiger partial charge in [-0.15, -0.1) is 0 Å². The van der Waals surface area contributed by atoms with Crippen LogP contribution in [0.25, 0.3) is 10.9 Å². The number of amides is 1. The van der Waals surface area contributed by atoms with Crippen LogP contribution in [0.3, 0.4) is 0 Å². The average Bonchev–Trinajstić information content (AvgIpc) is 3.04. The van der Waals surface area contributed by atoms with E-state index in [0.717, 1.165) is 35.7 Å². The Morgan fingerprint density at radius 2 is 1.93 bits per heavy atom. The van der Waals surface area contributed by atoms with Crippen molar-refractivity contribution in [1.82, 2.24) is 10.3 Å². The number of carbonyl (C=O) groups is 1. The van der Waals surface area contributed by atoms with Crippen LogP contribution < -0.4 is 5.32 Å². The van der Waals surface area contributed by atoms with Crippen molar-refractivity contribution in [1.29, 1.82) is 0 Å². The van der Waals surface area contributed by atoms with Crippen molar-refractivity contribution in [2.45, 2.75) is 69.8 Å². The van der Waals surface area contributed by atoms with E-state index < -0.39 is 15.1 Å². The molecule has 1 unspecified atom stereocenters. The molecule has 1 atom stereocenters. The lowest BCUT2D eigenvalue weighted by Gasteiger charge is -2.28. The van der Waals surface area contributed by atoms with Crippen molar-refractivity contribution in [3.05, 3.63) is 35.5 Å². The van der Waals surface area contributed by atoms with E-state index >= 15 is 0 Å². The Labute approximate surface area is 168 Å². The van der Waals surface area contributed by atoms with Gasteiger partial charge in [0.15, 0.2) is 9.84 Å². The van der Waals surface area contributed by atoms with Crippen LogP contribution in [0.1, 0.15) is 57.1 Å². The Hall–Kier alpha value is -1.82. The molecule has 5 nitrogen and oxygen atoms in total. The summed E-state index contributed by atoms with van der Waals surface area (Å²) in [5, 5.41) is 2.72. The summed E-state index contributed by atoms with van der Waals surface area (Å²) in [7, 11) is -3.46. The van der Waals surface area contributed by atoms with Crippen LogP contribution in [0.15, 0.2) is 24.4 Å². The topological polar surface area (TPSA) is 79.0 Å². The highest BCUT2D eigenvalue weighted by atomic mass is 32.2. The summed E-state index contributed by atoms with van der Waals surface area (Å²) in [6, 6.07) is 6.26. The maximum Gasteiger partial charge on any atom is 0.238 e. The van der Waals surface area contributed by atoms with Gasteiger partial charge in [0, 0.05) is 23.6 Å². The summed E-state index contributed by atoms with van der Waals surface area (Å²) < 4.78 is 26.2. The molecule has 154 valence electrons. The van der Waals surface area contributed by atoms with E-state index in [9.17, 15) is 13.2 Å². The summed E-state index contributed by atoms with van der Waals surface area (Å²) in [5.74, 6) is -0.584. The molecule has 0 aliphatic heterocycles. The molecule has 1 aromatic heterocycles. The molecular weight excluding hydrogens is 372 g/mol. The predicted molar refractivity (Wildman–Crippen MR) is 114 cm³/mol. The average molecular weight is 405 g/mol. The fourth-order valence-electron chi connectivity index (χ4n) is 4.36. The number of aromatic amines is 1. The number of fused-ring (bicyclic) bond motifs is 1. The molecule has 1 aliphatic carbocycles. The number of rotatable bonds is 7. The number of H-pyrrole nitrogens is 1. The van der Waals surface area contributed by atoms with E-state index in [1.807, 2.05) is 20.0 Å². The van der Waals surface area contributed by atoms with Crippen LogP contribution in [-0.4, -0.2) is 36.4 Å². The number of carbonyl (C=O) groups excluding carboxylic acids is 1. The molecule has 1 aromatic carbocycles. The molecule has 1 heterocycles. The third-order valence-electron chi connectivity index (χ3n) is 5.85. The minimum Gasteiger partial charge on any atom is -0.361 e. The van der Waals surface area contributed by atoms with Gasteiger partial charge in [0.25, 0.3) is 0 Å². The zero-order chi connectivity index (χ0) is 20.3. The van der Waals surface area contributed by atoms with E-state index in [-0.39, 0.29) is 17.1 Å². The number of hydrogen-bond acceptors (Lipinski definition) is 3. The second kappa shape index (κ2) is 8.68. The van der Waals surface area contributed by atoms with E-state index in [1.54, 1.807) is 0 Å². The Morgan fingerprint density at radius 1 is 1.21 bits per heavy atom. The molecule has 0 spiro atoms. The quantitative estimate of drug-likeness (QED) is 0.734. The molecule has 28 heavy (non-hydrogen) atoms. The summed E-state index contributed by atoms with van der Waals surface area (Å²) in [4.78, 5) is 16.1. The lowest BCUT2D eigenvalue weighted by Crippen LogP contribution is -2.47. The van der Waals surface area contributed by atoms with Crippen molar-refractivity contribution in [2.24, 2.45) is 5.92 Å². The van der Waals surface area contributed by atoms with Crippen LogP contribution in [-0.2, 0) is 21.1 Å². The maximum atomic E-state index is 13.1. The third kappa shape index (κ3) is 4.43. The van der Waals surface area contributed by atoms with Gasteiger partial charge in [0.05, 0.1) is 5.25 Å². The van der Waals surface area contributed by atoms with E-state index in [1.165, 1.54) is 5.56 Å². The molecule has 1 fully saturated rings. The number of aryl methyl sites for hydroxylation is 1. The van der Waals surface area contributed by atoms with Crippen LogP contribution in [0.5, 0.6) is 0 Å². The molecule has 1 amide bonds. The van der Waals surface area contributed by atoms with Crippen molar-refractivity contribution in [2.75, 3.05) is 6.54 Å². The van der Waals surface area contributed by atoms with Crippen molar-refractivity contribution >= 4 is 26.6 Å². The van der Waals surface area contributed by atoms with Crippen LogP contribution in [0, 0.1) is 12.8 Å². The van der Waals surface area contributed by atoms with Crippen molar-refractivity contribution in [3.63, 3.8) is 0 Å². The SMILES string of the molecule is Cc1ccc2c(CCNC(=O)C(C(C)C)S(=O)(=O)C3CCCCC3)c[nH]c2c1. The molecule has 1 saturated carbocycles. The molecular formula is C22H32N2O3S. The zero-order valence-electron chi connectivity index (χ0n) is 17.1. The minimum atomic E-state index is -3.46. The smallest absolute Gasteiger partial charge is 0.238 e. The van der Waals surface area contributed by atoms with E-state index in [4.69, 9.17) is 0 Å². The highest BCUT2D eigenvalue weighted by Gasteiger charge is 2.40. The van der Waals surface area contributed by atoms with Gasteiger partial charge in [-0.3, -0.25) is 4.79 Å². The van der Waals surface area contributed by atoms with E-state index in [2.05, 4.69) is 35.4 Å². The largest absolute Gasteiger partial charge is 0.361 e. The molecule has 1 aliphatic rings. The Bertz CT molecular complexity index is 924. The van der Waals surface area contributed by atoms with Gasteiger partial charge >= 0.3 is 0 Å². The first kappa shape index (κ1) is 20.9. The minimum absolute atomic E-state index is 0.233. The van der Waals surface area contributed by atoms with Gasteiger partial charge < -0.3 is 10.3 Å². The number of nitrogens with one attached hydrogen (secondary N) is 2. The first-order valence-corrected chi connectivity index (χ1v) is 12.0. The second-order valence-electron chi connectivity index (χ2n) is 8.42. The molecule has 0 saturated heterocycles. The third-order valence-corrected chi connectivity index (χ3v) is 8.72. The highest BCUT2D eigenvalue weighted by molar-refractivity contribution is 7.93. The number of benzene rings is 1. The monoisotopic (exact) mass is 404 g/mol. The lowest BCUT2D eigenvalue weighted by molar-refractivity contribution is -0.121. The molecule has 0 bridgehead atoms. The van der Waals surface area contributed by atoms with Crippen LogP contribution in [0.4, 0.5) is 0 Å². The van der Waals surface area contributed by atoms with Gasteiger partial charge in [-0.2, -0.15) is 0 Å². The Balaban J connectivity index is 1.65. The van der Waals surface area contributed by atoms with Gasteiger partial charge in [-0.25, -0.2) is 8.42 Å². The van der Waals surface area contributed by atoms with Crippen molar-refractivity contribution < 1.29 is 13.2 Å². The van der Waals surface area contributed by atoms with Gasteiger partial charge in [-0.1, -0.05) is 45.2 Å². The summed E-state index contributed by atoms with van der Waals surface area (Å²) in [6.45, 7) is 6.14. The summed E-state index contributed by atoms with van der Waals surface area (Å²) >= 11 is 0. The predicted octanol–water partition coefficient (Wildman–Crippen LogP) is 3.91. The highest BCUT2D eigenvalue weighted by Crippen LogP contribution is 2.29. The van der Waals surface area contributed by atoms with Crippen molar-refractivity contribution in [3.8, 4) is 0 Å². The zero-order valence-corrected chi connectivity index (χ0v) is 17.9. The molecule has 2 aromatic rings. The Morgan fingerprint density at radius 3 is 2.61 bits per heavy atom. The summed E-state index contributed by atoms with van der Waals surface area (Å²) in [5.41, 5.74) is 3.41. The second-order valence-corrected chi connectivity index (χ2v) is 10.8. The number of hydrogen-bond donors (Lipinski definition) is 2.